The van der Waals surface area contributed by atoms with Crippen molar-refractivity contribution in [1.82, 2.24) is 5.32 Å². The normalized spacial score (nSPS) is 14.0. The zero-order valence-corrected chi connectivity index (χ0v) is 19.9. The maximum Gasteiger partial charge on any atom is 0.251 e. The fourth-order valence-electron chi connectivity index (χ4n) is 3.85. The van der Waals surface area contributed by atoms with Crippen molar-refractivity contribution < 1.29 is 19.1 Å². The highest BCUT2D eigenvalue weighted by Gasteiger charge is 2.17. The number of nitrogens with one attached hydrogen (secondary N) is 2. The molecule has 0 saturated carbocycles. The molecule has 3 rings (SSSR count). The zero-order chi connectivity index (χ0) is 23.6. The van der Waals surface area contributed by atoms with Crippen molar-refractivity contribution >= 4 is 23.2 Å². The van der Waals surface area contributed by atoms with E-state index in [0.29, 0.717) is 30.3 Å². The summed E-state index contributed by atoms with van der Waals surface area (Å²) in [5.74, 6) is 0.773. The summed E-state index contributed by atoms with van der Waals surface area (Å²) < 4.78 is 11.3. The number of benzene rings is 2. The summed E-state index contributed by atoms with van der Waals surface area (Å²) >= 11 is 0. The molecular weight excluding hydrogens is 418 g/mol. The molecule has 2 N–H and O–H groups in total. The van der Waals surface area contributed by atoms with Crippen LogP contribution in [0.3, 0.4) is 0 Å². The first-order chi connectivity index (χ1) is 16.0. The molecule has 1 aliphatic heterocycles. The van der Waals surface area contributed by atoms with Crippen LogP contribution >= 0.6 is 0 Å². The molecule has 1 atom stereocenters. The topological polar surface area (TPSA) is 79.9 Å². The van der Waals surface area contributed by atoms with Gasteiger partial charge in [0.2, 0.25) is 5.91 Å². The predicted molar refractivity (Wildman–Crippen MR) is 131 cm³/mol. The number of hydrogen-bond donors (Lipinski definition) is 2. The van der Waals surface area contributed by atoms with Gasteiger partial charge in [0.05, 0.1) is 13.2 Å². The summed E-state index contributed by atoms with van der Waals surface area (Å²) in [7, 11) is 0. The third kappa shape index (κ3) is 7.14. The first-order valence-corrected chi connectivity index (χ1v) is 11.9. The van der Waals surface area contributed by atoms with Crippen LogP contribution in [0.2, 0.25) is 0 Å². The van der Waals surface area contributed by atoms with E-state index in [0.717, 1.165) is 30.9 Å². The van der Waals surface area contributed by atoms with E-state index in [2.05, 4.69) is 21.6 Å². The van der Waals surface area contributed by atoms with Crippen molar-refractivity contribution in [2.75, 3.05) is 36.5 Å². The molecule has 1 heterocycles. The molecular formula is C26H35N3O4. The monoisotopic (exact) mass is 453 g/mol. The molecule has 33 heavy (non-hydrogen) atoms. The van der Waals surface area contributed by atoms with Gasteiger partial charge in [-0.25, -0.2) is 0 Å². The van der Waals surface area contributed by atoms with E-state index >= 15 is 0 Å². The third-order valence-electron chi connectivity index (χ3n) is 5.44. The Bertz CT molecular complexity index is 941. The highest BCUT2D eigenvalue weighted by molar-refractivity contribution is 5.96. The maximum absolute atomic E-state index is 12.7. The maximum atomic E-state index is 12.7. The second kappa shape index (κ2) is 12.1. The molecule has 2 aromatic carbocycles. The van der Waals surface area contributed by atoms with E-state index in [9.17, 15) is 9.59 Å². The van der Waals surface area contributed by atoms with Gasteiger partial charge in [0.1, 0.15) is 0 Å². The second-order valence-corrected chi connectivity index (χ2v) is 8.31. The van der Waals surface area contributed by atoms with Crippen LogP contribution in [0.25, 0.3) is 0 Å². The number of rotatable bonds is 11. The first kappa shape index (κ1) is 24.4. The van der Waals surface area contributed by atoms with Crippen molar-refractivity contribution in [1.29, 1.82) is 0 Å². The summed E-state index contributed by atoms with van der Waals surface area (Å²) in [6.07, 6.45) is 3.47. The average Bonchev–Trinajstić information content (AvgIpc) is 3.33. The van der Waals surface area contributed by atoms with Gasteiger partial charge in [-0.15, -0.1) is 0 Å². The minimum atomic E-state index is -0.328. The number of anilines is 2. The van der Waals surface area contributed by atoms with Crippen molar-refractivity contribution in [3.05, 3.63) is 48.0 Å². The lowest BCUT2D eigenvalue weighted by Gasteiger charge is -2.19. The molecule has 178 valence electrons. The van der Waals surface area contributed by atoms with Gasteiger partial charge in [0.25, 0.3) is 5.91 Å². The number of nitrogens with zero attached hydrogens (tertiary/aromatic N) is 1. The van der Waals surface area contributed by atoms with Crippen LogP contribution in [0.15, 0.2) is 42.5 Å². The minimum absolute atomic E-state index is 0.139. The fourth-order valence-corrected chi connectivity index (χ4v) is 3.85. The SMILES string of the molecule is CCCOc1ccc(C(=O)NC(C)CC(=O)Nc2cccc(N3CCCC3)c2)cc1OCC. The molecule has 0 bridgehead atoms. The Morgan fingerprint density at radius 1 is 1.03 bits per heavy atom. The number of ether oxygens (including phenoxy) is 2. The molecule has 1 fully saturated rings. The van der Waals surface area contributed by atoms with E-state index in [4.69, 9.17) is 9.47 Å². The van der Waals surface area contributed by atoms with Gasteiger partial charge in [-0.2, -0.15) is 0 Å². The van der Waals surface area contributed by atoms with E-state index < -0.39 is 0 Å². The summed E-state index contributed by atoms with van der Waals surface area (Å²) in [6.45, 7) is 8.90. The van der Waals surface area contributed by atoms with E-state index in [1.54, 1.807) is 18.2 Å². The van der Waals surface area contributed by atoms with E-state index in [1.807, 2.05) is 39.0 Å². The summed E-state index contributed by atoms with van der Waals surface area (Å²) in [6, 6.07) is 12.7. The highest BCUT2D eigenvalue weighted by Crippen LogP contribution is 2.29. The van der Waals surface area contributed by atoms with Gasteiger partial charge in [-0.05, 0) is 69.5 Å². The summed E-state index contributed by atoms with van der Waals surface area (Å²) in [5, 5.41) is 5.85. The molecule has 0 aliphatic carbocycles. The smallest absolute Gasteiger partial charge is 0.251 e. The lowest BCUT2D eigenvalue weighted by molar-refractivity contribution is -0.116. The number of carbonyl (C=O) groups is 2. The lowest BCUT2D eigenvalue weighted by atomic mass is 10.1. The number of hydrogen-bond acceptors (Lipinski definition) is 5. The quantitative estimate of drug-likeness (QED) is 0.519. The number of carbonyl (C=O) groups excluding carboxylic acids is 2. The van der Waals surface area contributed by atoms with Gasteiger partial charge in [-0.1, -0.05) is 13.0 Å². The summed E-state index contributed by atoms with van der Waals surface area (Å²) in [4.78, 5) is 27.6. The van der Waals surface area contributed by atoms with Crippen LogP contribution in [0, 0.1) is 0 Å². The highest BCUT2D eigenvalue weighted by atomic mass is 16.5. The lowest BCUT2D eigenvalue weighted by Crippen LogP contribution is -2.35. The van der Waals surface area contributed by atoms with Crippen molar-refractivity contribution in [2.45, 2.75) is 52.5 Å². The van der Waals surface area contributed by atoms with Crippen LogP contribution < -0.4 is 25.0 Å². The molecule has 1 unspecified atom stereocenters. The Labute approximate surface area is 196 Å². The fraction of sp³-hybridized carbons (Fsp3) is 0.462. The number of amides is 2. The van der Waals surface area contributed by atoms with Gasteiger partial charge in [-0.3, -0.25) is 9.59 Å². The molecule has 2 amide bonds. The Morgan fingerprint density at radius 2 is 1.82 bits per heavy atom. The van der Waals surface area contributed by atoms with E-state index in [1.165, 1.54) is 12.8 Å². The van der Waals surface area contributed by atoms with Crippen molar-refractivity contribution in [3.63, 3.8) is 0 Å². The summed E-state index contributed by atoms with van der Waals surface area (Å²) in [5.41, 5.74) is 2.36. The van der Waals surface area contributed by atoms with Crippen LogP contribution in [0.4, 0.5) is 11.4 Å². The largest absolute Gasteiger partial charge is 0.490 e. The van der Waals surface area contributed by atoms with Crippen molar-refractivity contribution in [3.8, 4) is 11.5 Å². The Balaban J connectivity index is 1.55. The molecule has 1 saturated heterocycles. The van der Waals surface area contributed by atoms with Gasteiger partial charge < -0.3 is 25.0 Å². The Hall–Kier alpha value is -3.22. The molecule has 0 radical (unpaired) electrons. The van der Waals surface area contributed by atoms with Gasteiger partial charge in [0.15, 0.2) is 11.5 Å². The van der Waals surface area contributed by atoms with Crippen LogP contribution in [0.5, 0.6) is 11.5 Å². The molecule has 7 heteroatoms. The minimum Gasteiger partial charge on any atom is -0.490 e. The molecule has 2 aromatic rings. The first-order valence-electron chi connectivity index (χ1n) is 11.9. The Morgan fingerprint density at radius 3 is 2.55 bits per heavy atom. The molecule has 0 spiro atoms. The van der Waals surface area contributed by atoms with Gasteiger partial charge in [0, 0.05) is 42.5 Å². The molecule has 7 nitrogen and oxygen atoms in total. The predicted octanol–water partition coefficient (Wildman–Crippen LogP) is 4.62. The van der Waals surface area contributed by atoms with Crippen LogP contribution in [0.1, 0.15) is 56.8 Å². The Kier molecular flexibility index (Phi) is 8.98. The second-order valence-electron chi connectivity index (χ2n) is 8.31. The third-order valence-corrected chi connectivity index (χ3v) is 5.44. The molecule has 1 aliphatic rings. The van der Waals surface area contributed by atoms with E-state index in [-0.39, 0.29) is 24.3 Å². The average molecular weight is 454 g/mol. The standard InChI is InChI=1S/C26H35N3O4/c1-4-15-33-23-12-11-20(17-24(23)32-5-2)26(31)27-19(3)16-25(30)28-21-9-8-10-22(18-21)29-13-6-7-14-29/h8-12,17-19H,4-7,13-16H2,1-3H3,(H,27,31)(H,28,30). The van der Waals surface area contributed by atoms with Crippen molar-refractivity contribution in [2.24, 2.45) is 0 Å². The van der Waals surface area contributed by atoms with Crippen LogP contribution in [-0.2, 0) is 4.79 Å². The molecule has 0 aromatic heterocycles. The van der Waals surface area contributed by atoms with Gasteiger partial charge >= 0.3 is 0 Å². The van der Waals surface area contributed by atoms with Crippen LogP contribution in [-0.4, -0.2) is 44.2 Å². The zero-order valence-electron chi connectivity index (χ0n) is 19.9.